The van der Waals surface area contributed by atoms with E-state index in [4.69, 9.17) is 9.57 Å². The second-order valence-electron chi connectivity index (χ2n) is 3.58. The van der Waals surface area contributed by atoms with Crippen molar-refractivity contribution >= 4 is 15.9 Å². The van der Waals surface area contributed by atoms with Crippen LogP contribution in [0.3, 0.4) is 0 Å². The quantitative estimate of drug-likeness (QED) is 0.666. The van der Waals surface area contributed by atoms with Crippen LogP contribution < -0.4 is 10.2 Å². The molecule has 0 radical (unpaired) electrons. The largest absolute Gasteiger partial charge is 0.494 e. The van der Waals surface area contributed by atoms with Gasteiger partial charge < -0.3 is 4.74 Å². The maximum atomic E-state index is 5.58. The number of para-hydroxylation sites is 1. The van der Waals surface area contributed by atoms with E-state index in [1.807, 2.05) is 36.4 Å². The van der Waals surface area contributed by atoms with Gasteiger partial charge in [0.05, 0.1) is 6.61 Å². The molecule has 0 amide bonds. The van der Waals surface area contributed by atoms with Crippen molar-refractivity contribution in [2.45, 2.75) is 18.9 Å². The van der Waals surface area contributed by atoms with Crippen molar-refractivity contribution < 1.29 is 9.57 Å². The molecule has 2 rings (SSSR count). The number of ether oxygens (including phenoxy) is 1. The Bertz CT molecular complexity index is 353. The van der Waals surface area contributed by atoms with Crippen molar-refractivity contribution in [1.82, 2.24) is 5.48 Å². The monoisotopic (exact) mass is 283 g/mol. The van der Waals surface area contributed by atoms with Crippen LogP contribution in [-0.2, 0) is 4.84 Å². The normalized spacial score (nSPS) is 19.1. The Morgan fingerprint density at radius 3 is 2.81 bits per heavy atom. The molecule has 1 aliphatic heterocycles. The summed E-state index contributed by atoms with van der Waals surface area (Å²) in [6, 6.07) is 9.85. The van der Waals surface area contributed by atoms with Crippen LogP contribution in [0, 0.1) is 0 Å². The van der Waals surface area contributed by atoms with Crippen LogP contribution >= 0.6 is 15.9 Å². The lowest BCUT2D eigenvalue weighted by molar-refractivity contribution is 0.0386. The van der Waals surface area contributed by atoms with Gasteiger partial charge in [-0.2, -0.15) is 0 Å². The van der Waals surface area contributed by atoms with E-state index in [-0.39, 0.29) is 6.10 Å². The molecular weight excluding hydrogens is 270 g/mol. The fourth-order valence-corrected chi connectivity index (χ4v) is 1.89. The molecule has 3 nitrogen and oxygen atoms in total. The Morgan fingerprint density at radius 1 is 1.31 bits per heavy atom. The third kappa shape index (κ3) is 3.54. The molecule has 1 aromatic carbocycles. The summed E-state index contributed by atoms with van der Waals surface area (Å²) in [7, 11) is 0. The van der Waals surface area contributed by atoms with Gasteiger partial charge in [-0.05, 0) is 47.0 Å². The van der Waals surface area contributed by atoms with E-state index in [0.29, 0.717) is 0 Å². The van der Waals surface area contributed by atoms with E-state index in [2.05, 4.69) is 21.4 Å². The molecule has 1 aliphatic rings. The van der Waals surface area contributed by atoms with Crippen molar-refractivity contribution in [3.8, 4) is 5.75 Å². The number of hydroxylamine groups is 1. The van der Waals surface area contributed by atoms with Crippen LogP contribution in [0.25, 0.3) is 0 Å². The average molecular weight is 284 g/mol. The highest BCUT2D eigenvalue weighted by molar-refractivity contribution is 9.11. The molecule has 1 atom stereocenters. The van der Waals surface area contributed by atoms with Crippen molar-refractivity contribution in [2.24, 2.45) is 0 Å². The molecule has 1 N–H and O–H groups in total. The van der Waals surface area contributed by atoms with Gasteiger partial charge in [-0.25, -0.2) is 0 Å². The van der Waals surface area contributed by atoms with Gasteiger partial charge >= 0.3 is 0 Å². The Balaban J connectivity index is 1.62. The molecule has 1 heterocycles. The van der Waals surface area contributed by atoms with Crippen molar-refractivity contribution in [2.75, 3.05) is 6.61 Å². The smallest absolute Gasteiger partial charge is 0.119 e. The minimum atomic E-state index is 0.147. The first-order valence-corrected chi connectivity index (χ1v) is 6.11. The number of hydrogen-bond donors (Lipinski definition) is 1. The van der Waals surface area contributed by atoms with Crippen LogP contribution in [0.1, 0.15) is 12.8 Å². The van der Waals surface area contributed by atoms with Crippen LogP contribution in [0.4, 0.5) is 0 Å². The number of hydrogen-bond acceptors (Lipinski definition) is 3. The molecule has 1 aromatic rings. The van der Waals surface area contributed by atoms with Gasteiger partial charge in [-0.15, -0.1) is 0 Å². The first-order valence-electron chi connectivity index (χ1n) is 5.31. The summed E-state index contributed by atoms with van der Waals surface area (Å²) in [6.45, 7) is 0.718. The SMILES string of the molecule is BrC1=CC(CCCOc2ccccc2)ON1. The van der Waals surface area contributed by atoms with Gasteiger partial charge in [0.1, 0.15) is 16.5 Å². The maximum Gasteiger partial charge on any atom is 0.119 e. The first kappa shape index (κ1) is 11.5. The lowest BCUT2D eigenvalue weighted by Gasteiger charge is -2.08. The summed E-state index contributed by atoms with van der Waals surface area (Å²) in [4.78, 5) is 5.27. The predicted octanol–water partition coefficient (Wildman–Crippen LogP) is 2.99. The molecule has 0 bridgehead atoms. The first-order chi connectivity index (χ1) is 7.84. The second-order valence-corrected chi connectivity index (χ2v) is 4.43. The molecule has 16 heavy (non-hydrogen) atoms. The van der Waals surface area contributed by atoms with Crippen LogP contribution in [-0.4, -0.2) is 12.7 Å². The van der Waals surface area contributed by atoms with E-state index >= 15 is 0 Å². The van der Waals surface area contributed by atoms with Crippen molar-refractivity contribution in [3.63, 3.8) is 0 Å². The number of rotatable bonds is 5. The molecule has 4 heteroatoms. The molecule has 0 saturated carbocycles. The summed E-state index contributed by atoms with van der Waals surface area (Å²) in [5.74, 6) is 0.921. The van der Waals surface area contributed by atoms with Gasteiger partial charge in [0.25, 0.3) is 0 Å². The summed E-state index contributed by atoms with van der Waals surface area (Å²) in [6.07, 6.45) is 4.09. The summed E-state index contributed by atoms with van der Waals surface area (Å²) in [5.41, 5.74) is 2.77. The topological polar surface area (TPSA) is 30.5 Å². The highest BCUT2D eigenvalue weighted by atomic mass is 79.9. The van der Waals surface area contributed by atoms with Gasteiger partial charge in [0.2, 0.25) is 0 Å². The average Bonchev–Trinajstić information content (AvgIpc) is 2.72. The Morgan fingerprint density at radius 2 is 2.12 bits per heavy atom. The van der Waals surface area contributed by atoms with Gasteiger partial charge in [0.15, 0.2) is 0 Å². The molecule has 0 fully saturated rings. The molecule has 1 unspecified atom stereocenters. The predicted molar refractivity (Wildman–Crippen MR) is 66.2 cm³/mol. The van der Waals surface area contributed by atoms with Crippen LogP contribution in [0.5, 0.6) is 5.75 Å². The Kier molecular flexibility index (Phi) is 4.25. The summed E-state index contributed by atoms with van der Waals surface area (Å²) < 4.78 is 6.49. The third-order valence-corrected chi connectivity index (χ3v) is 2.71. The number of halogens is 1. The molecule has 0 spiro atoms. The summed E-state index contributed by atoms with van der Waals surface area (Å²) in [5, 5.41) is 0. The highest BCUT2D eigenvalue weighted by Crippen LogP contribution is 2.16. The highest BCUT2D eigenvalue weighted by Gasteiger charge is 2.13. The lowest BCUT2D eigenvalue weighted by atomic mass is 10.2. The minimum Gasteiger partial charge on any atom is -0.494 e. The fourth-order valence-electron chi connectivity index (χ4n) is 1.50. The standard InChI is InChI=1S/C12H14BrNO2/c13-12-9-11(16-14-12)7-4-8-15-10-5-2-1-3-6-10/h1-3,5-6,9,11,14H,4,7-8H2. The lowest BCUT2D eigenvalue weighted by Crippen LogP contribution is -2.12. The van der Waals surface area contributed by atoms with Gasteiger partial charge in [0, 0.05) is 0 Å². The zero-order valence-electron chi connectivity index (χ0n) is 8.86. The molecule has 0 aliphatic carbocycles. The van der Waals surface area contributed by atoms with E-state index < -0.39 is 0 Å². The van der Waals surface area contributed by atoms with E-state index in [9.17, 15) is 0 Å². The molecule has 0 saturated heterocycles. The minimum absolute atomic E-state index is 0.147. The third-order valence-electron chi connectivity index (χ3n) is 2.28. The van der Waals surface area contributed by atoms with Gasteiger partial charge in [-0.1, -0.05) is 18.2 Å². The van der Waals surface area contributed by atoms with Crippen LogP contribution in [0.2, 0.25) is 0 Å². The molecule has 86 valence electrons. The maximum absolute atomic E-state index is 5.58. The molecular formula is C12H14BrNO2. The number of benzene rings is 1. The Hall–Kier alpha value is -1.00. The zero-order valence-corrected chi connectivity index (χ0v) is 10.4. The van der Waals surface area contributed by atoms with Crippen LogP contribution in [0.15, 0.2) is 41.0 Å². The van der Waals surface area contributed by atoms with Gasteiger partial charge in [-0.3, -0.25) is 10.3 Å². The second kappa shape index (κ2) is 5.92. The fraction of sp³-hybridized carbons (Fsp3) is 0.333. The van der Waals surface area contributed by atoms with E-state index in [0.717, 1.165) is 29.8 Å². The van der Waals surface area contributed by atoms with E-state index in [1.54, 1.807) is 0 Å². The Labute approximate surface area is 104 Å². The summed E-state index contributed by atoms with van der Waals surface area (Å²) >= 11 is 3.32. The zero-order chi connectivity index (χ0) is 11.2. The van der Waals surface area contributed by atoms with Crippen molar-refractivity contribution in [3.05, 3.63) is 41.0 Å². The van der Waals surface area contributed by atoms with Crippen molar-refractivity contribution in [1.29, 1.82) is 0 Å². The van der Waals surface area contributed by atoms with E-state index in [1.165, 1.54) is 0 Å². The number of nitrogens with one attached hydrogen (secondary N) is 1. The molecule has 0 aromatic heterocycles.